The van der Waals surface area contributed by atoms with Gasteiger partial charge in [0.2, 0.25) is 0 Å². The Morgan fingerprint density at radius 2 is 1.40 bits per heavy atom. The zero-order valence-electron chi connectivity index (χ0n) is 15.7. The number of carbonyl (C=O) groups excluding carboxylic acids is 2. The van der Waals surface area contributed by atoms with Crippen LogP contribution in [0.2, 0.25) is 0 Å². The molecule has 0 atom stereocenters. The molecule has 0 spiro atoms. The van der Waals surface area contributed by atoms with Gasteiger partial charge in [0.25, 0.3) is 0 Å². The van der Waals surface area contributed by atoms with Crippen LogP contribution in [-0.4, -0.2) is 18.5 Å². The third kappa shape index (κ3) is 10.6. The summed E-state index contributed by atoms with van der Waals surface area (Å²) in [7, 11) is 0. The minimum Gasteiger partial charge on any atom is -0.466 e. The van der Waals surface area contributed by atoms with Crippen LogP contribution in [-0.2, 0) is 25.7 Å². The quantitative estimate of drug-likeness (QED) is 0.367. The van der Waals surface area contributed by atoms with Crippen molar-refractivity contribution in [3.8, 4) is 0 Å². The number of hydrogen-bond acceptors (Lipinski definition) is 4. The fourth-order valence-electron chi connectivity index (χ4n) is 2.54. The van der Waals surface area contributed by atoms with Crippen LogP contribution in [0, 0.1) is 6.92 Å². The molecule has 1 aromatic carbocycles. The minimum atomic E-state index is -0.123. The molecule has 0 fully saturated rings. The van der Waals surface area contributed by atoms with E-state index in [2.05, 4.69) is 0 Å². The molecule has 0 amide bonds. The molecule has 0 aliphatic carbocycles. The number of unbranched alkanes of at least 4 members (excludes halogenated alkanes) is 5. The van der Waals surface area contributed by atoms with Crippen LogP contribution in [0.25, 0.3) is 0 Å². The summed E-state index contributed by atoms with van der Waals surface area (Å²) >= 11 is 0. The maximum Gasteiger partial charge on any atom is 0.306 e. The molecule has 0 saturated carbocycles. The molecule has 140 valence electrons. The van der Waals surface area contributed by atoms with Crippen molar-refractivity contribution < 1.29 is 19.1 Å². The third-order valence-electron chi connectivity index (χ3n) is 4.13. The molecule has 0 saturated heterocycles. The Hall–Kier alpha value is -1.84. The van der Waals surface area contributed by atoms with Crippen LogP contribution in [0.1, 0.15) is 75.8 Å². The molecule has 0 aliphatic rings. The Bertz CT molecular complexity index is 510. The largest absolute Gasteiger partial charge is 0.466 e. The summed E-state index contributed by atoms with van der Waals surface area (Å²) in [6.45, 7) is 4.90. The molecule has 25 heavy (non-hydrogen) atoms. The van der Waals surface area contributed by atoms with E-state index in [0.29, 0.717) is 26.1 Å². The Morgan fingerprint density at radius 1 is 0.840 bits per heavy atom. The molecule has 4 heteroatoms. The first-order valence-corrected chi connectivity index (χ1v) is 9.49. The van der Waals surface area contributed by atoms with Crippen molar-refractivity contribution >= 4 is 11.9 Å². The van der Waals surface area contributed by atoms with Gasteiger partial charge in [0.1, 0.15) is 6.61 Å². The molecule has 1 aromatic rings. The van der Waals surface area contributed by atoms with Gasteiger partial charge in [-0.25, -0.2) is 0 Å². The van der Waals surface area contributed by atoms with Crippen LogP contribution in [0.5, 0.6) is 0 Å². The third-order valence-corrected chi connectivity index (χ3v) is 4.13. The predicted molar refractivity (Wildman–Crippen MR) is 99.2 cm³/mol. The van der Waals surface area contributed by atoms with E-state index < -0.39 is 0 Å². The van der Waals surface area contributed by atoms with E-state index in [1.54, 1.807) is 0 Å². The van der Waals surface area contributed by atoms with E-state index >= 15 is 0 Å². The number of carbonyl (C=O) groups is 2. The second-order valence-electron chi connectivity index (χ2n) is 6.43. The van der Waals surface area contributed by atoms with E-state index in [-0.39, 0.29) is 11.9 Å². The average molecular weight is 348 g/mol. The smallest absolute Gasteiger partial charge is 0.306 e. The fourth-order valence-corrected chi connectivity index (χ4v) is 2.54. The molecule has 0 heterocycles. The standard InChI is InChI=1S/C21H32O4/c1-3-16-24-20(22)14-8-6-4-5-7-9-15-21(23)25-17-19-13-11-10-12-18(19)2/h10-13H,3-9,14-17H2,1-2H3. The fraction of sp³-hybridized carbons (Fsp3) is 0.619. The Labute approximate surface area is 151 Å². The maximum absolute atomic E-state index is 11.8. The molecular formula is C21H32O4. The first kappa shape index (κ1) is 21.2. The highest BCUT2D eigenvalue weighted by atomic mass is 16.5. The van der Waals surface area contributed by atoms with Gasteiger partial charge in [-0.2, -0.15) is 0 Å². The van der Waals surface area contributed by atoms with Crippen LogP contribution in [0.3, 0.4) is 0 Å². The second-order valence-corrected chi connectivity index (χ2v) is 6.43. The normalized spacial score (nSPS) is 10.5. The number of benzene rings is 1. The number of rotatable bonds is 13. The summed E-state index contributed by atoms with van der Waals surface area (Å²) in [5, 5.41) is 0. The van der Waals surface area contributed by atoms with Gasteiger partial charge >= 0.3 is 11.9 Å². The topological polar surface area (TPSA) is 52.6 Å². The van der Waals surface area contributed by atoms with Crippen molar-refractivity contribution in [3.63, 3.8) is 0 Å². The summed E-state index contributed by atoms with van der Waals surface area (Å²) < 4.78 is 10.4. The van der Waals surface area contributed by atoms with Gasteiger partial charge < -0.3 is 9.47 Å². The van der Waals surface area contributed by atoms with Crippen molar-refractivity contribution in [2.24, 2.45) is 0 Å². The zero-order chi connectivity index (χ0) is 18.3. The minimum absolute atomic E-state index is 0.0850. The van der Waals surface area contributed by atoms with Gasteiger partial charge in [0.05, 0.1) is 6.61 Å². The summed E-state index contributed by atoms with van der Waals surface area (Å²) in [5.41, 5.74) is 2.21. The van der Waals surface area contributed by atoms with Gasteiger partial charge in [-0.05, 0) is 37.3 Å². The Kier molecular flexibility index (Phi) is 11.4. The number of ether oxygens (including phenoxy) is 2. The second kappa shape index (κ2) is 13.5. The Balaban J connectivity index is 1.95. The van der Waals surface area contributed by atoms with Gasteiger partial charge in [0, 0.05) is 12.8 Å². The van der Waals surface area contributed by atoms with Crippen LogP contribution in [0.4, 0.5) is 0 Å². The molecule has 0 bridgehead atoms. The van der Waals surface area contributed by atoms with E-state index in [4.69, 9.17) is 9.47 Å². The molecule has 4 nitrogen and oxygen atoms in total. The highest BCUT2D eigenvalue weighted by Gasteiger charge is 2.05. The average Bonchev–Trinajstić information content (AvgIpc) is 2.61. The number of esters is 2. The summed E-state index contributed by atoms with van der Waals surface area (Å²) in [5.74, 6) is -0.208. The van der Waals surface area contributed by atoms with Crippen molar-refractivity contribution in [2.45, 2.75) is 78.2 Å². The van der Waals surface area contributed by atoms with E-state index in [1.807, 2.05) is 38.1 Å². The van der Waals surface area contributed by atoms with E-state index in [1.165, 1.54) is 0 Å². The lowest BCUT2D eigenvalue weighted by atomic mass is 10.1. The molecule has 0 aromatic heterocycles. The summed E-state index contributed by atoms with van der Waals surface area (Å²) in [6, 6.07) is 7.95. The first-order valence-electron chi connectivity index (χ1n) is 9.49. The molecule has 1 rings (SSSR count). The Morgan fingerprint density at radius 3 is 2.00 bits per heavy atom. The van der Waals surface area contributed by atoms with Crippen molar-refractivity contribution in [3.05, 3.63) is 35.4 Å². The van der Waals surface area contributed by atoms with Gasteiger partial charge in [0.15, 0.2) is 0 Å². The zero-order valence-corrected chi connectivity index (χ0v) is 15.7. The maximum atomic E-state index is 11.8. The summed E-state index contributed by atoms with van der Waals surface area (Å²) in [6.07, 6.45) is 7.89. The van der Waals surface area contributed by atoms with Crippen LogP contribution >= 0.6 is 0 Å². The highest BCUT2D eigenvalue weighted by Crippen LogP contribution is 2.11. The lowest BCUT2D eigenvalue weighted by Crippen LogP contribution is -2.05. The molecule has 0 N–H and O–H groups in total. The first-order chi connectivity index (χ1) is 12.1. The predicted octanol–water partition coefficient (Wildman–Crippen LogP) is 5.11. The van der Waals surface area contributed by atoms with Gasteiger partial charge in [-0.1, -0.05) is 56.9 Å². The highest BCUT2D eigenvalue weighted by molar-refractivity contribution is 5.69. The molecule has 0 unspecified atom stereocenters. The van der Waals surface area contributed by atoms with Crippen molar-refractivity contribution in [1.29, 1.82) is 0 Å². The van der Waals surface area contributed by atoms with E-state index in [0.717, 1.165) is 56.1 Å². The van der Waals surface area contributed by atoms with Crippen LogP contribution in [0.15, 0.2) is 24.3 Å². The van der Waals surface area contributed by atoms with Gasteiger partial charge in [-0.3, -0.25) is 9.59 Å². The number of hydrogen-bond donors (Lipinski definition) is 0. The van der Waals surface area contributed by atoms with Crippen molar-refractivity contribution in [2.75, 3.05) is 6.61 Å². The SMILES string of the molecule is CCCOC(=O)CCCCCCCCC(=O)OCc1ccccc1C. The lowest BCUT2D eigenvalue weighted by Gasteiger charge is -2.07. The monoisotopic (exact) mass is 348 g/mol. The van der Waals surface area contributed by atoms with Crippen molar-refractivity contribution in [1.82, 2.24) is 0 Å². The van der Waals surface area contributed by atoms with Gasteiger partial charge in [-0.15, -0.1) is 0 Å². The summed E-state index contributed by atoms with van der Waals surface area (Å²) in [4.78, 5) is 23.1. The molecule has 0 aliphatic heterocycles. The molecule has 0 radical (unpaired) electrons. The lowest BCUT2D eigenvalue weighted by molar-refractivity contribution is -0.145. The van der Waals surface area contributed by atoms with Crippen LogP contribution < -0.4 is 0 Å². The molecular weight excluding hydrogens is 316 g/mol. The van der Waals surface area contributed by atoms with E-state index in [9.17, 15) is 9.59 Å². The number of aryl methyl sites for hydroxylation is 1.